The third-order valence-corrected chi connectivity index (χ3v) is 9.00. The average Bonchev–Trinajstić information content (AvgIpc) is 3.47. The van der Waals surface area contributed by atoms with Crippen molar-refractivity contribution in [2.45, 2.75) is 109 Å². The van der Waals surface area contributed by atoms with Gasteiger partial charge >= 0.3 is 0 Å². The molecule has 1 saturated heterocycles. The molecule has 1 saturated carbocycles. The Labute approximate surface area is 286 Å². The number of carbonyl (C=O) groups excluding carboxylic acids is 5. The van der Waals surface area contributed by atoms with E-state index in [-0.39, 0.29) is 43.4 Å². The number of likely N-dealkylation sites (tertiary alicyclic amines) is 1. The van der Waals surface area contributed by atoms with Crippen molar-refractivity contribution in [3.63, 3.8) is 0 Å². The molecule has 14 nitrogen and oxygen atoms in total. The van der Waals surface area contributed by atoms with Gasteiger partial charge in [0, 0.05) is 31.4 Å². The van der Waals surface area contributed by atoms with E-state index in [0.717, 1.165) is 38.3 Å². The van der Waals surface area contributed by atoms with E-state index in [4.69, 9.17) is 32.9 Å². The van der Waals surface area contributed by atoms with Crippen molar-refractivity contribution in [3.05, 3.63) is 23.4 Å². The molecule has 15 heteroatoms. The van der Waals surface area contributed by atoms with Crippen LogP contribution in [0.3, 0.4) is 0 Å². The molecule has 1 aromatic heterocycles. The number of aromatic nitrogens is 1. The van der Waals surface area contributed by atoms with Gasteiger partial charge in [0.1, 0.15) is 18.2 Å². The number of ether oxygens (including phenoxy) is 1. The van der Waals surface area contributed by atoms with E-state index in [1.807, 2.05) is 20.8 Å². The van der Waals surface area contributed by atoms with Gasteiger partial charge in [0.2, 0.25) is 29.4 Å². The standard InChI is InChI=1S/C33H49ClN8O6/c1-5-9-23(27(43)29(37)44)40-30(45)24-14-22(48-25-13-12-20(34)16-38-25)18-42(24)32(47)28(33(2,3)4)41-31(46)26(39-17-21(36)15-35)19-10-7-6-8-11-19/h12-13,15-16,19,22-24,26,28,35-36,39H,5-11,14,17-18H2,1-4H3,(H2,37,44)(H,40,45)(H,41,46)/t22-,23?,24-,26+,28+/m1/s1. The van der Waals surface area contributed by atoms with Crippen LogP contribution in [0.15, 0.2) is 18.3 Å². The molecule has 0 aromatic carbocycles. The second kappa shape index (κ2) is 17.5. The van der Waals surface area contributed by atoms with E-state index in [1.165, 1.54) is 11.1 Å². The van der Waals surface area contributed by atoms with Gasteiger partial charge in [0.05, 0.1) is 29.4 Å². The van der Waals surface area contributed by atoms with Gasteiger partial charge in [0.15, 0.2) is 0 Å². The number of primary amides is 1. The number of hydrogen-bond acceptors (Lipinski definition) is 10. The molecule has 1 unspecified atom stereocenters. The van der Waals surface area contributed by atoms with Crippen LogP contribution in [-0.2, 0) is 24.0 Å². The minimum absolute atomic E-state index is 0.0127. The van der Waals surface area contributed by atoms with E-state index in [1.54, 1.807) is 19.1 Å². The Morgan fingerprint density at radius 2 is 1.83 bits per heavy atom. The lowest BCUT2D eigenvalue weighted by molar-refractivity contribution is -0.145. The van der Waals surface area contributed by atoms with Crippen LogP contribution < -0.4 is 26.4 Å². The van der Waals surface area contributed by atoms with Gasteiger partial charge in [-0.3, -0.25) is 29.3 Å². The SMILES string of the molecule is CCCC(NC(=O)[C@H]1C[C@@H](Oc2ccc(Cl)cn2)CN1C(=O)[C@H](NC(=O)[C@@H](NCC(=N)C=N)C1CCCCC1)C(C)(C)C)C(=O)C(N)=O. The first-order valence-electron chi connectivity index (χ1n) is 16.5. The molecule has 3 rings (SSSR count). The minimum atomic E-state index is -1.17. The van der Waals surface area contributed by atoms with E-state index in [0.29, 0.717) is 11.4 Å². The third-order valence-electron chi connectivity index (χ3n) is 8.78. The molecule has 264 valence electrons. The zero-order valence-corrected chi connectivity index (χ0v) is 28.9. The number of Topliss-reactive ketones (excluding diaryl/α,β-unsaturated/α-hetero) is 1. The molecular formula is C33H49ClN8O6. The summed E-state index contributed by atoms with van der Waals surface area (Å²) in [6, 6.07) is -0.849. The fraction of sp³-hybridized carbons (Fsp3) is 0.636. The maximum absolute atomic E-state index is 14.5. The summed E-state index contributed by atoms with van der Waals surface area (Å²) in [7, 11) is 0. The Morgan fingerprint density at radius 3 is 2.40 bits per heavy atom. The highest BCUT2D eigenvalue weighted by Gasteiger charge is 2.47. The van der Waals surface area contributed by atoms with Crippen LogP contribution in [0, 0.1) is 22.2 Å². The van der Waals surface area contributed by atoms with Crippen molar-refractivity contribution in [2.75, 3.05) is 13.1 Å². The van der Waals surface area contributed by atoms with Crippen molar-refractivity contribution in [1.29, 1.82) is 10.8 Å². The predicted octanol–water partition coefficient (Wildman–Crippen LogP) is 2.16. The molecule has 4 amide bonds. The topological polar surface area (TPSA) is 221 Å². The van der Waals surface area contributed by atoms with Gasteiger partial charge in [-0.15, -0.1) is 0 Å². The average molecular weight is 689 g/mol. The fourth-order valence-electron chi connectivity index (χ4n) is 6.23. The summed E-state index contributed by atoms with van der Waals surface area (Å²) in [6.07, 6.45) is 6.99. The molecule has 0 radical (unpaired) electrons. The largest absolute Gasteiger partial charge is 0.472 e. The Hall–Kier alpha value is -3.91. The first-order valence-corrected chi connectivity index (χ1v) is 16.9. The second-order valence-corrected chi connectivity index (χ2v) is 14.0. The van der Waals surface area contributed by atoms with E-state index < -0.39 is 65.1 Å². The number of nitrogens with two attached hydrogens (primary N) is 1. The maximum atomic E-state index is 14.5. The highest BCUT2D eigenvalue weighted by molar-refractivity contribution is 6.37. The summed E-state index contributed by atoms with van der Waals surface area (Å²) >= 11 is 5.97. The van der Waals surface area contributed by atoms with E-state index >= 15 is 0 Å². The van der Waals surface area contributed by atoms with E-state index in [2.05, 4.69) is 20.9 Å². The lowest BCUT2D eigenvalue weighted by Crippen LogP contribution is -2.61. The second-order valence-electron chi connectivity index (χ2n) is 13.6. The highest BCUT2D eigenvalue weighted by atomic mass is 35.5. The number of pyridine rings is 1. The van der Waals surface area contributed by atoms with E-state index in [9.17, 15) is 24.0 Å². The lowest BCUT2D eigenvalue weighted by atomic mass is 9.82. The Bertz CT molecular complexity index is 1340. The van der Waals surface area contributed by atoms with Gasteiger partial charge in [-0.2, -0.15) is 0 Å². The fourth-order valence-corrected chi connectivity index (χ4v) is 6.34. The Morgan fingerprint density at radius 1 is 1.15 bits per heavy atom. The molecule has 7 N–H and O–H groups in total. The summed E-state index contributed by atoms with van der Waals surface area (Å²) in [4.78, 5) is 71.9. The summed E-state index contributed by atoms with van der Waals surface area (Å²) < 4.78 is 6.04. The van der Waals surface area contributed by atoms with Crippen molar-refractivity contribution in [3.8, 4) is 5.88 Å². The monoisotopic (exact) mass is 688 g/mol. The molecule has 5 atom stereocenters. The molecule has 2 aliphatic rings. The Kier molecular flexibility index (Phi) is 14.0. The predicted molar refractivity (Wildman–Crippen MR) is 181 cm³/mol. The van der Waals surface area contributed by atoms with Crippen LogP contribution in [0.1, 0.15) is 79.1 Å². The molecule has 0 bridgehead atoms. The number of nitrogens with one attached hydrogen (secondary N) is 5. The summed E-state index contributed by atoms with van der Waals surface area (Å²) in [5.74, 6) is -3.45. The van der Waals surface area contributed by atoms with Gasteiger partial charge in [-0.1, -0.05) is 65.0 Å². The molecule has 2 fully saturated rings. The van der Waals surface area contributed by atoms with Crippen LogP contribution in [0.2, 0.25) is 5.02 Å². The third kappa shape index (κ3) is 10.5. The van der Waals surface area contributed by atoms with Crippen LogP contribution in [0.5, 0.6) is 5.88 Å². The number of ketones is 1. The van der Waals surface area contributed by atoms with Crippen molar-refractivity contribution >= 4 is 52.9 Å². The van der Waals surface area contributed by atoms with Crippen LogP contribution >= 0.6 is 11.6 Å². The quantitative estimate of drug-likeness (QED) is 0.111. The van der Waals surface area contributed by atoms with Gasteiger partial charge < -0.3 is 36.8 Å². The lowest BCUT2D eigenvalue weighted by Gasteiger charge is -2.37. The number of halogens is 1. The molecule has 1 aliphatic carbocycles. The van der Waals surface area contributed by atoms with Crippen LogP contribution in [-0.4, -0.2) is 94.6 Å². The molecule has 0 spiro atoms. The zero-order chi connectivity index (χ0) is 35.6. The summed E-state index contributed by atoms with van der Waals surface area (Å²) in [5, 5.41) is 24.4. The number of amides is 4. The number of nitrogens with zero attached hydrogens (tertiary/aromatic N) is 2. The summed E-state index contributed by atoms with van der Waals surface area (Å²) in [6.45, 7) is 7.23. The van der Waals surface area contributed by atoms with Crippen molar-refractivity contribution in [2.24, 2.45) is 17.1 Å². The molecule has 1 aromatic rings. The molecular weight excluding hydrogens is 640 g/mol. The number of rotatable bonds is 16. The van der Waals surface area contributed by atoms with Gasteiger partial charge in [0.25, 0.3) is 5.91 Å². The van der Waals surface area contributed by atoms with Crippen molar-refractivity contribution < 1.29 is 28.7 Å². The number of hydrogen-bond donors (Lipinski definition) is 6. The van der Waals surface area contributed by atoms with Crippen molar-refractivity contribution in [1.82, 2.24) is 25.8 Å². The zero-order valence-electron chi connectivity index (χ0n) is 28.1. The van der Waals surface area contributed by atoms with Gasteiger partial charge in [-0.25, -0.2) is 4.98 Å². The maximum Gasteiger partial charge on any atom is 0.287 e. The minimum Gasteiger partial charge on any atom is -0.472 e. The molecule has 2 heterocycles. The number of carbonyl (C=O) groups is 5. The first kappa shape index (κ1) is 38.5. The van der Waals surface area contributed by atoms with Crippen LogP contribution in [0.25, 0.3) is 0 Å². The molecule has 48 heavy (non-hydrogen) atoms. The Balaban J connectivity index is 1.92. The first-order chi connectivity index (χ1) is 22.7. The normalized spacial score (nSPS) is 20.2. The summed E-state index contributed by atoms with van der Waals surface area (Å²) in [5.41, 5.74) is 4.47. The van der Waals surface area contributed by atoms with Crippen LogP contribution in [0.4, 0.5) is 0 Å². The highest BCUT2D eigenvalue weighted by Crippen LogP contribution is 2.30. The molecule has 1 aliphatic heterocycles. The smallest absolute Gasteiger partial charge is 0.287 e. The van der Waals surface area contributed by atoms with Gasteiger partial charge in [-0.05, 0) is 36.7 Å².